The van der Waals surface area contributed by atoms with Crippen molar-refractivity contribution in [3.05, 3.63) is 40.2 Å². The van der Waals surface area contributed by atoms with Crippen LogP contribution in [-0.4, -0.2) is 11.8 Å². The highest BCUT2D eigenvalue weighted by molar-refractivity contribution is 7.17. The van der Waals surface area contributed by atoms with Crippen LogP contribution >= 0.6 is 11.3 Å². The van der Waals surface area contributed by atoms with E-state index in [0.717, 1.165) is 31.2 Å². The van der Waals surface area contributed by atoms with Crippen molar-refractivity contribution in [3.63, 3.8) is 0 Å². The van der Waals surface area contributed by atoms with Gasteiger partial charge in [-0.05, 0) is 43.4 Å². The Morgan fingerprint density at radius 2 is 1.95 bits per heavy atom. The number of amides is 2. The molecule has 22 heavy (non-hydrogen) atoms. The third-order valence-electron chi connectivity index (χ3n) is 3.89. The fourth-order valence-electron chi connectivity index (χ4n) is 2.84. The van der Waals surface area contributed by atoms with Crippen LogP contribution in [0.4, 0.5) is 5.00 Å². The maximum absolute atomic E-state index is 12.1. The maximum atomic E-state index is 12.1. The summed E-state index contributed by atoms with van der Waals surface area (Å²) in [6.45, 7) is 0. The van der Waals surface area contributed by atoms with Gasteiger partial charge in [-0.2, -0.15) is 0 Å². The number of aryl methyl sites for hydroxylation is 1. The molecule has 2 heterocycles. The highest BCUT2D eigenvalue weighted by Gasteiger charge is 2.24. The first-order valence-electron chi connectivity index (χ1n) is 7.46. The lowest BCUT2D eigenvalue weighted by atomic mass is 9.96. The van der Waals surface area contributed by atoms with Crippen LogP contribution in [0.25, 0.3) is 0 Å². The van der Waals surface area contributed by atoms with Crippen molar-refractivity contribution in [2.24, 2.45) is 5.73 Å². The predicted molar refractivity (Wildman–Crippen MR) is 85.4 cm³/mol. The van der Waals surface area contributed by atoms with Gasteiger partial charge in [-0.1, -0.05) is 12.8 Å². The number of rotatable bonds is 3. The number of carbonyl (C=O) groups excluding carboxylic acids is 2. The Morgan fingerprint density at radius 3 is 2.64 bits per heavy atom. The van der Waals surface area contributed by atoms with Gasteiger partial charge in [-0.25, -0.2) is 0 Å². The Morgan fingerprint density at radius 1 is 1.18 bits per heavy atom. The number of thiophene rings is 1. The molecular formula is C16H18N2O3S. The van der Waals surface area contributed by atoms with Crippen molar-refractivity contribution < 1.29 is 14.0 Å². The van der Waals surface area contributed by atoms with Crippen LogP contribution in [0.2, 0.25) is 0 Å². The van der Waals surface area contributed by atoms with Gasteiger partial charge in [-0.3, -0.25) is 9.59 Å². The summed E-state index contributed by atoms with van der Waals surface area (Å²) in [5, 5.41) is 3.32. The van der Waals surface area contributed by atoms with E-state index in [0.29, 0.717) is 10.6 Å². The molecule has 116 valence electrons. The Kier molecular flexibility index (Phi) is 4.29. The summed E-state index contributed by atoms with van der Waals surface area (Å²) < 4.78 is 5.09. The summed E-state index contributed by atoms with van der Waals surface area (Å²) in [7, 11) is 0. The Hall–Kier alpha value is -2.08. The smallest absolute Gasteiger partial charge is 0.291 e. The highest BCUT2D eigenvalue weighted by atomic mass is 32.1. The number of hydrogen-bond donors (Lipinski definition) is 2. The largest absolute Gasteiger partial charge is 0.459 e. The number of carbonyl (C=O) groups is 2. The average molecular weight is 318 g/mol. The Labute approximate surface area is 132 Å². The summed E-state index contributed by atoms with van der Waals surface area (Å²) in [4.78, 5) is 25.2. The van der Waals surface area contributed by atoms with E-state index in [1.54, 1.807) is 12.1 Å². The van der Waals surface area contributed by atoms with Gasteiger partial charge in [0, 0.05) is 4.88 Å². The molecule has 0 aromatic carbocycles. The van der Waals surface area contributed by atoms with E-state index < -0.39 is 5.91 Å². The average Bonchev–Trinajstić information content (AvgIpc) is 3.07. The van der Waals surface area contributed by atoms with Crippen molar-refractivity contribution in [1.29, 1.82) is 0 Å². The van der Waals surface area contributed by atoms with E-state index in [9.17, 15) is 9.59 Å². The van der Waals surface area contributed by atoms with Gasteiger partial charge < -0.3 is 15.5 Å². The summed E-state index contributed by atoms with van der Waals surface area (Å²) in [5.74, 6) is -0.620. The lowest BCUT2D eigenvalue weighted by Crippen LogP contribution is -2.18. The lowest BCUT2D eigenvalue weighted by Gasteiger charge is -2.10. The van der Waals surface area contributed by atoms with Gasteiger partial charge in [0.1, 0.15) is 5.00 Å². The number of primary amides is 1. The Bertz CT molecular complexity index is 689. The van der Waals surface area contributed by atoms with Crippen LogP contribution in [0.15, 0.2) is 22.8 Å². The van der Waals surface area contributed by atoms with E-state index in [1.165, 1.54) is 35.3 Å². The summed E-state index contributed by atoms with van der Waals surface area (Å²) in [6.07, 6.45) is 7.76. The van der Waals surface area contributed by atoms with E-state index in [2.05, 4.69) is 5.32 Å². The zero-order valence-corrected chi connectivity index (χ0v) is 13.0. The molecule has 0 saturated carbocycles. The van der Waals surface area contributed by atoms with Crippen molar-refractivity contribution in [1.82, 2.24) is 0 Å². The molecule has 0 spiro atoms. The predicted octanol–water partition coefficient (Wildman–Crippen LogP) is 3.35. The summed E-state index contributed by atoms with van der Waals surface area (Å²) in [5.41, 5.74) is 7.05. The first-order chi connectivity index (χ1) is 10.7. The normalized spacial score (nSPS) is 14.7. The Balaban J connectivity index is 1.94. The van der Waals surface area contributed by atoms with Crippen molar-refractivity contribution in [2.75, 3.05) is 5.32 Å². The molecule has 0 unspecified atom stereocenters. The minimum absolute atomic E-state index is 0.219. The molecule has 2 aromatic heterocycles. The number of anilines is 1. The lowest BCUT2D eigenvalue weighted by molar-refractivity contribution is 0.0997. The SMILES string of the molecule is NC(=O)c1c(NC(=O)c2ccco2)sc2c1CCCCCC2. The van der Waals surface area contributed by atoms with E-state index in [4.69, 9.17) is 10.2 Å². The van der Waals surface area contributed by atoms with Gasteiger partial charge >= 0.3 is 0 Å². The van der Waals surface area contributed by atoms with Crippen molar-refractivity contribution >= 4 is 28.2 Å². The molecule has 2 aromatic rings. The zero-order chi connectivity index (χ0) is 15.5. The quantitative estimate of drug-likeness (QED) is 0.910. The molecule has 3 N–H and O–H groups in total. The van der Waals surface area contributed by atoms with Crippen LogP contribution in [0.1, 0.15) is 57.0 Å². The molecule has 2 amide bonds. The van der Waals surface area contributed by atoms with Crippen LogP contribution in [0.3, 0.4) is 0 Å². The first kappa shape index (κ1) is 14.8. The van der Waals surface area contributed by atoms with Gasteiger partial charge in [0.15, 0.2) is 5.76 Å². The minimum Gasteiger partial charge on any atom is -0.459 e. The number of hydrogen-bond acceptors (Lipinski definition) is 4. The first-order valence-corrected chi connectivity index (χ1v) is 8.27. The maximum Gasteiger partial charge on any atom is 0.291 e. The molecule has 0 atom stereocenters. The van der Waals surface area contributed by atoms with Crippen LogP contribution in [-0.2, 0) is 12.8 Å². The molecule has 0 radical (unpaired) electrons. The van der Waals surface area contributed by atoms with E-state index in [-0.39, 0.29) is 11.7 Å². The van der Waals surface area contributed by atoms with Crippen molar-refractivity contribution in [3.8, 4) is 0 Å². The van der Waals surface area contributed by atoms with Gasteiger partial charge in [-0.15, -0.1) is 11.3 Å². The molecule has 0 saturated heterocycles. The summed E-state index contributed by atoms with van der Waals surface area (Å²) in [6, 6.07) is 3.24. The number of furan rings is 1. The van der Waals surface area contributed by atoms with Crippen LogP contribution in [0, 0.1) is 0 Å². The molecule has 0 bridgehead atoms. The number of fused-ring (bicyclic) bond motifs is 1. The second-order valence-electron chi connectivity index (χ2n) is 5.42. The molecule has 5 nitrogen and oxygen atoms in total. The van der Waals surface area contributed by atoms with Gasteiger partial charge in [0.05, 0.1) is 11.8 Å². The third-order valence-corrected chi connectivity index (χ3v) is 5.10. The van der Waals surface area contributed by atoms with E-state index >= 15 is 0 Å². The second-order valence-corrected chi connectivity index (χ2v) is 6.52. The second kappa shape index (κ2) is 6.36. The fraction of sp³-hybridized carbons (Fsp3) is 0.375. The highest BCUT2D eigenvalue weighted by Crippen LogP contribution is 2.37. The molecule has 1 aliphatic rings. The van der Waals surface area contributed by atoms with Gasteiger partial charge in [0.2, 0.25) is 0 Å². The third kappa shape index (κ3) is 2.92. The monoisotopic (exact) mass is 318 g/mol. The summed E-state index contributed by atoms with van der Waals surface area (Å²) >= 11 is 1.46. The molecule has 3 rings (SSSR count). The molecule has 6 heteroatoms. The van der Waals surface area contributed by atoms with Crippen molar-refractivity contribution in [2.45, 2.75) is 38.5 Å². The number of nitrogens with two attached hydrogens (primary N) is 1. The standard InChI is InChI=1S/C16H18N2O3S/c17-14(19)13-10-6-3-1-2-4-8-12(10)22-16(13)18-15(20)11-7-5-9-21-11/h5,7,9H,1-4,6,8H2,(H2,17,19)(H,18,20). The van der Waals surface area contributed by atoms with Gasteiger partial charge in [0.25, 0.3) is 11.8 Å². The fourth-order valence-corrected chi connectivity index (χ4v) is 4.13. The topological polar surface area (TPSA) is 85.3 Å². The molecule has 0 aliphatic heterocycles. The zero-order valence-electron chi connectivity index (χ0n) is 12.2. The van der Waals surface area contributed by atoms with Crippen LogP contribution < -0.4 is 11.1 Å². The molecular weight excluding hydrogens is 300 g/mol. The number of nitrogens with one attached hydrogen (secondary N) is 1. The molecule has 0 fully saturated rings. The minimum atomic E-state index is -0.479. The van der Waals surface area contributed by atoms with Crippen LogP contribution in [0.5, 0.6) is 0 Å². The van der Waals surface area contributed by atoms with E-state index in [1.807, 2.05) is 0 Å². The molecule has 1 aliphatic carbocycles.